The van der Waals surface area contributed by atoms with Gasteiger partial charge in [0, 0.05) is 5.02 Å². The van der Waals surface area contributed by atoms with Crippen molar-refractivity contribution in [3.05, 3.63) is 58.0 Å². The number of halogens is 2. The summed E-state index contributed by atoms with van der Waals surface area (Å²) in [6.45, 7) is -0.0308. The summed E-state index contributed by atoms with van der Waals surface area (Å²) in [6.07, 6.45) is 1.43. The van der Waals surface area contributed by atoms with E-state index in [2.05, 4.69) is 20.2 Å². The summed E-state index contributed by atoms with van der Waals surface area (Å²) < 4.78 is 31.5. The predicted molar refractivity (Wildman–Crippen MR) is 97.1 cm³/mol. The van der Waals surface area contributed by atoms with E-state index in [4.69, 9.17) is 27.6 Å². The highest BCUT2D eigenvalue weighted by molar-refractivity contribution is 7.91. The Morgan fingerprint density at radius 3 is 2.73 bits per heavy atom. The minimum Gasteiger partial charge on any atom is -0.468 e. The van der Waals surface area contributed by atoms with Crippen molar-refractivity contribution in [2.75, 3.05) is 5.32 Å². The van der Waals surface area contributed by atoms with Gasteiger partial charge in [0.2, 0.25) is 9.47 Å². The fourth-order valence-electron chi connectivity index (χ4n) is 1.85. The van der Waals surface area contributed by atoms with Crippen molar-refractivity contribution in [1.29, 1.82) is 0 Å². The summed E-state index contributed by atoms with van der Waals surface area (Å²) in [6, 6.07) is 7.65. The highest BCUT2D eigenvalue weighted by Crippen LogP contribution is 2.24. The second kappa shape index (κ2) is 7.72. The first kappa shape index (κ1) is 18.8. The topological polar surface area (TPSA) is 114 Å². The summed E-state index contributed by atoms with van der Waals surface area (Å²) in [5.74, 6) is -0.112. The van der Waals surface area contributed by atoms with E-state index in [1.807, 2.05) is 0 Å². The van der Waals surface area contributed by atoms with Crippen LogP contribution in [0.4, 0.5) is 5.13 Å². The van der Waals surface area contributed by atoms with Crippen LogP contribution in [0.2, 0.25) is 10.0 Å². The Morgan fingerprint density at radius 2 is 2.04 bits per heavy atom. The summed E-state index contributed by atoms with van der Waals surface area (Å²) in [4.78, 5) is 12.2. The van der Waals surface area contributed by atoms with E-state index < -0.39 is 15.9 Å². The van der Waals surface area contributed by atoms with Crippen molar-refractivity contribution in [1.82, 2.24) is 14.9 Å². The van der Waals surface area contributed by atoms with Gasteiger partial charge in [0.25, 0.3) is 15.9 Å². The highest BCUT2D eigenvalue weighted by Gasteiger charge is 2.21. The number of carbonyl (C=O) groups excluding carboxylic acids is 1. The van der Waals surface area contributed by atoms with Crippen molar-refractivity contribution in [3.8, 4) is 0 Å². The maximum Gasteiger partial charge on any atom is 0.270 e. The first-order valence-electron chi connectivity index (χ1n) is 6.97. The lowest BCUT2D eigenvalue weighted by Crippen LogP contribution is -2.22. The first-order chi connectivity index (χ1) is 12.3. The van der Waals surface area contributed by atoms with Crippen LogP contribution in [0.1, 0.15) is 16.1 Å². The molecule has 136 valence electrons. The molecule has 0 aliphatic heterocycles. The fourth-order valence-corrected chi connectivity index (χ4v) is 4.27. The Morgan fingerprint density at radius 1 is 1.23 bits per heavy atom. The molecule has 0 aliphatic carbocycles. The summed E-state index contributed by atoms with van der Waals surface area (Å²) in [7, 11) is -3.89. The normalized spacial score (nSPS) is 11.5. The van der Waals surface area contributed by atoms with E-state index in [9.17, 15) is 13.2 Å². The van der Waals surface area contributed by atoms with Gasteiger partial charge in [-0.05, 0) is 30.3 Å². The van der Waals surface area contributed by atoms with Crippen LogP contribution < -0.4 is 10.0 Å². The number of rotatable bonds is 6. The summed E-state index contributed by atoms with van der Waals surface area (Å²) in [5, 5.41) is 10.3. The second-order valence-corrected chi connectivity index (χ2v) is 8.62. The molecule has 8 nitrogen and oxygen atoms in total. The molecular formula is C14H10Cl2N4O4S2. The quantitative estimate of drug-likeness (QED) is 0.578. The molecule has 1 aromatic carbocycles. The van der Waals surface area contributed by atoms with Crippen LogP contribution in [0.3, 0.4) is 0 Å². The van der Waals surface area contributed by atoms with E-state index in [-0.39, 0.29) is 26.6 Å². The van der Waals surface area contributed by atoms with Crippen molar-refractivity contribution < 1.29 is 17.6 Å². The monoisotopic (exact) mass is 432 g/mol. The number of sulfonamides is 1. The highest BCUT2D eigenvalue weighted by atomic mass is 35.5. The van der Waals surface area contributed by atoms with Crippen LogP contribution in [0.5, 0.6) is 0 Å². The number of furan rings is 1. The Bertz CT molecular complexity index is 1040. The molecule has 2 heterocycles. The smallest absolute Gasteiger partial charge is 0.270 e. The van der Waals surface area contributed by atoms with Crippen LogP contribution in [-0.4, -0.2) is 24.5 Å². The number of anilines is 1. The minimum atomic E-state index is -3.89. The number of hydrogen-bond donors (Lipinski definition) is 2. The van der Waals surface area contributed by atoms with Gasteiger partial charge in [-0.2, -0.15) is 0 Å². The predicted octanol–water partition coefficient (Wildman–Crippen LogP) is 3.17. The van der Waals surface area contributed by atoms with E-state index in [0.717, 1.165) is 0 Å². The van der Waals surface area contributed by atoms with Crippen molar-refractivity contribution in [3.63, 3.8) is 0 Å². The number of carbonyl (C=O) groups is 1. The van der Waals surface area contributed by atoms with Gasteiger partial charge in [-0.3, -0.25) is 10.1 Å². The second-order valence-electron chi connectivity index (χ2n) is 4.86. The molecular weight excluding hydrogens is 423 g/mol. The van der Waals surface area contributed by atoms with Gasteiger partial charge in [-0.25, -0.2) is 13.1 Å². The minimum absolute atomic E-state index is 0.0133. The Hall–Kier alpha value is -1.98. The molecule has 12 heteroatoms. The Kier molecular flexibility index (Phi) is 5.58. The maximum atomic E-state index is 12.2. The lowest BCUT2D eigenvalue weighted by molar-refractivity contribution is 0.102. The largest absolute Gasteiger partial charge is 0.468 e. The average molecular weight is 433 g/mol. The van der Waals surface area contributed by atoms with Gasteiger partial charge in [-0.15, -0.1) is 10.2 Å². The molecule has 3 rings (SSSR count). The third kappa shape index (κ3) is 4.40. The number of hydrogen-bond acceptors (Lipinski definition) is 7. The average Bonchev–Trinajstić information content (AvgIpc) is 3.24. The van der Waals surface area contributed by atoms with Crippen LogP contribution in [0.25, 0.3) is 0 Å². The molecule has 0 saturated heterocycles. The van der Waals surface area contributed by atoms with E-state index in [1.165, 1.54) is 24.5 Å². The molecule has 2 N–H and O–H groups in total. The molecule has 1 amide bonds. The van der Waals surface area contributed by atoms with Crippen molar-refractivity contribution >= 4 is 55.6 Å². The molecule has 0 fully saturated rings. The molecule has 0 unspecified atom stereocenters. The summed E-state index contributed by atoms with van der Waals surface area (Å²) in [5.41, 5.74) is 0.173. The molecule has 0 saturated carbocycles. The molecule has 0 radical (unpaired) electrons. The Balaban J connectivity index is 1.69. The fraction of sp³-hybridized carbons (Fsp3) is 0.0714. The molecule has 0 spiro atoms. The third-order valence-electron chi connectivity index (χ3n) is 3.05. The van der Waals surface area contributed by atoms with Crippen LogP contribution >= 0.6 is 34.5 Å². The standard InChI is InChI=1S/C14H10Cl2N4O4S2/c15-8-3-4-10(11(16)6-8)12(21)18-13-19-20-14(25-13)26(22,23)17-7-9-2-1-5-24-9/h1-6,17H,7H2,(H,18,19,21). The van der Waals surface area contributed by atoms with Gasteiger partial charge in [0.1, 0.15) is 5.76 Å². The van der Waals surface area contributed by atoms with E-state index in [0.29, 0.717) is 22.1 Å². The van der Waals surface area contributed by atoms with Gasteiger partial charge in [0.15, 0.2) is 0 Å². The van der Waals surface area contributed by atoms with Crippen LogP contribution in [-0.2, 0) is 16.6 Å². The van der Waals surface area contributed by atoms with E-state index >= 15 is 0 Å². The molecule has 0 bridgehead atoms. The number of nitrogens with one attached hydrogen (secondary N) is 2. The lowest BCUT2D eigenvalue weighted by atomic mass is 10.2. The summed E-state index contributed by atoms with van der Waals surface area (Å²) >= 11 is 12.5. The molecule has 2 aromatic heterocycles. The van der Waals surface area contributed by atoms with Crippen molar-refractivity contribution in [2.45, 2.75) is 10.9 Å². The zero-order chi connectivity index (χ0) is 18.7. The molecule has 26 heavy (non-hydrogen) atoms. The lowest BCUT2D eigenvalue weighted by Gasteiger charge is -2.03. The number of nitrogens with zero attached hydrogens (tertiary/aromatic N) is 2. The first-order valence-corrected chi connectivity index (χ1v) is 10.0. The number of amides is 1. The SMILES string of the molecule is O=C(Nc1nnc(S(=O)(=O)NCc2ccco2)s1)c1ccc(Cl)cc1Cl. The zero-order valence-electron chi connectivity index (χ0n) is 12.8. The molecule has 0 aliphatic rings. The van der Waals surface area contributed by atoms with E-state index in [1.54, 1.807) is 12.1 Å². The van der Waals surface area contributed by atoms with Gasteiger partial charge in [0.05, 0.1) is 23.4 Å². The third-order valence-corrected chi connectivity index (χ3v) is 6.20. The molecule has 0 atom stereocenters. The number of aromatic nitrogens is 2. The van der Waals surface area contributed by atoms with Crippen molar-refractivity contribution in [2.24, 2.45) is 0 Å². The van der Waals surface area contributed by atoms with Crippen LogP contribution in [0, 0.1) is 0 Å². The Labute approximate surface area is 162 Å². The zero-order valence-corrected chi connectivity index (χ0v) is 15.9. The van der Waals surface area contributed by atoms with Crippen LogP contribution in [0.15, 0.2) is 45.4 Å². The van der Waals surface area contributed by atoms with Gasteiger partial charge >= 0.3 is 0 Å². The van der Waals surface area contributed by atoms with Gasteiger partial charge < -0.3 is 4.42 Å². The maximum absolute atomic E-state index is 12.2. The number of benzene rings is 1. The van der Waals surface area contributed by atoms with Gasteiger partial charge in [-0.1, -0.05) is 34.5 Å². The molecule has 3 aromatic rings.